The summed E-state index contributed by atoms with van der Waals surface area (Å²) in [5, 5.41) is 3.82. The van der Waals surface area contributed by atoms with E-state index in [0.717, 1.165) is 52.0 Å². The van der Waals surface area contributed by atoms with Gasteiger partial charge in [-0.15, -0.1) is 0 Å². The molecule has 4 nitrogen and oxygen atoms in total. The van der Waals surface area contributed by atoms with E-state index in [-0.39, 0.29) is 5.79 Å². The van der Waals surface area contributed by atoms with Gasteiger partial charge < -0.3 is 19.7 Å². The van der Waals surface area contributed by atoms with Crippen molar-refractivity contribution in [3.05, 3.63) is 29.8 Å². The SMILES string of the molecule is CN1CC[C@H](CNC2CCC3(CC2)OCCO3)c2ccccc21. The van der Waals surface area contributed by atoms with E-state index in [1.165, 1.54) is 17.7 Å². The van der Waals surface area contributed by atoms with E-state index in [4.69, 9.17) is 9.47 Å². The molecule has 1 spiro atoms. The monoisotopic (exact) mass is 316 g/mol. The van der Waals surface area contributed by atoms with Crippen molar-refractivity contribution in [2.75, 3.05) is 38.3 Å². The summed E-state index contributed by atoms with van der Waals surface area (Å²) >= 11 is 0. The van der Waals surface area contributed by atoms with E-state index in [0.29, 0.717) is 12.0 Å². The van der Waals surface area contributed by atoms with Gasteiger partial charge in [0.1, 0.15) is 0 Å². The molecule has 2 fully saturated rings. The molecule has 3 aliphatic rings. The topological polar surface area (TPSA) is 33.7 Å². The van der Waals surface area contributed by atoms with Crippen LogP contribution >= 0.6 is 0 Å². The number of ether oxygens (including phenoxy) is 2. The van der Waals surface area contributed by atoms with Gasteiger partial charge in [-0.1, -0.05) is 18.2 Å². The first kappa shape index (κ1) is 15.4. The summed E-state index contributed by atoms with van der Waals surface area (Å²) in [6.07, 6.45) is 5.63. The van der Waals surface area contributed by atoms with E-state index < -0.39 is 0 Å². The molecule has 0 unspecified atom stereocenters. The molecule has 0 amide bonds. The number of para-hydroxylation sites is 1. The Balaban J connectivity index is 1.33. The lowest BCUT2D eigenvalue weighted by molar-refractivity contribution is -0.179. The summed E-state index contributed by atoms with van der Waals surface area (Å²) in [5.74, 6) is 0.399. The Morgan fingerprint density at radius 2 is 1.87 bits per heavy atom. The lowest BCUT2D eigenvalue weighted by atomic mass is 9.87. The van der Waals surface area contributed by atoms with Crippen LogP contribution in [0.3, 0.4) is 0 Å². The first-order valence-corrected chi connectivity index (χ1v) is 9.07. The third-order valence-corrected chi connectivity index (χ3v) is 5.81. The van der Waals surface area contributed by atoms with Crippen LogP contribution in [0.15, 0.2) is 24.3 Å². The third-order valence-electron chi connectivity index (χ3n) is 5.81. The highest BCUT2D eigenvalue weighted by Gasteiger charge is 2.40. The van der Waals surface area contributed by atoms with Crippen molar-refractivity contribution in [3.63, 3.8) is 0 Å². The Morgan fingerprint density at radius 1 is 1.13 bits per heavy atom. The molecule has 23 heavy (non-hydrogen) atoms. The molecule has 0 bridgehead atoms. The smallest absolute Gasteiger partial charge is 0.168 e. The first-order chi connectivity index (χ1) is 11.3. The molecule has 4 heteroatoms. The summed E-state index contributed by atoms with van der Waals surface area (Å²) in [7, 11) is 2.20. The highest BCUT2D eigenvalue weighted by molar-refractivity contribution is 5.56. The lowest BCUT2D eigenvalue weighted by Crippen LogP contribution is -2.43. The molecule has 0 radical (unpaired) electrons. The Morgan fingerprint density at radius 3 is 2.65 bits per heavy atom. The predicted molar refractivity (Wildman–Crippen MR) is 92.0 cm³/mol. The van der Waals surface area contributed by atoms with E-state index in [1.807, 2.05) is 0 Å². The number of benzene rings is 1. The third kappa shape index (κ3) is 3.12. The molecule has 1 atom stereocenters. The van der Waals surface area contributed by atoms with Crippen molar-refractivity contribution >= 4 is 5.69 Å². The standard InChI is InChI=1S/C19H28N2O2/c1-21-11-8-15(17-4-2-3-5-18(17)21)14-20-16-6-9-19(10-7-16)22-12-13-23-19/h2-5,15-16,20H,6-14H2,1H3/t15-/m1/s1. The van der Waals surface area contributed by atoms with Crippen molar-refractivity contribution in [1.29, 1.82) is 0 Å². The summed E-state index contributed by atoms with van der Waals surface area (Å²) in [6, 6.07) is 9.48. The number of hydrogen-bond acceptors (Lipinski definition) is 4. The summed E-state index contributed by atoms with van der Waals surface area (Å²) in [4.78, 5) is 2.38. The number of nitrogens with one attached hydrogen (secondary N) is 1. The Labute approximate surface area is 139 Å². The fraction of sp³-hybridized carbons (Fsp3) is 0.684. The maximum atomic E-state index is 5.83. The van der Waals surface area contributed by atoms with Gasteiger partial charge in [-0.3, -0.25) is 0 Å². The molecular formula is C19H28N2O2. The zero-order valence-electron chi connectivity index (χ0n) is 14.1. The maximum absolute atomic E-state index is 5.83. The molecule has 2 aliphatic heterocycles. The summed E-state index contributed by atoms with van der Waals surface area (Å²) in [5.41, 5.74) is 2.91. The second-order valence-corrected chi connectivity index (χ2v) is 7.26. The average molecular weight is 316 g/mol. The number of rotatable bonds is 3. The number of nitrogens with zero attached hydrogens (tertiary/aromatic N) is 1. The van der Waals surface area contributed by atoms with Gasteiger partial charge in [0.15, 0.2) is 5.79 Å². The van der Waals surface area contributed by atoms with Crippen LogP contribution in [0.1, 0.15) is 43.6 Å². The predicted octanol–water partition coefficient (Wildman–Crippen LogP) is 2.89. The van der Waals surface area contributed by atoms with E-state index in [9.17, 15) is 0 Å². The van der Waals surface area contributed by atoms with Gasteiger partial charge in [0.05, 0.1) is 13.2 Å². The van der Waals surface area contributed by atoms with Gasteiger partial charge in [0.25, 0.3) is 0 Å². The van der Waals surface area contributed by atoms with Gasteiger partial charge in [-0.2, -0.15) is 0 Å². The fourth-order valence-electron chi connectivity index (χ4n) is 4.37. The molecule has 2 heterocycles. The van der Waals surface area contributed by atoms with Crippen molar-refractivity contribution in [2.24, 2.45) is 0 Å². The van der Waals surface area contributed by atoms with Crippen LogP contribution in [0.25, 0.3) is 0 Å². The molecular weight excluding hydrogens is 288 g/mol. The van der Waals surface area contributed by atoms with Crippen molar-refractivity contribution in [3.8, 4) is 0 Å². The van der Waals surface area contributed by atoms with Crippen LogP contribution in [0.5, 0.6) is 0 Å². The minimum atomic E-state index is -0.238. The highest BCUT2D eigenvalue weighted by atomic mass is 16.7. The van der Waals surface area contributed by atoms with Gasteiger partial charge in [0.2, 0.25) is 0 Å². The number of anilines is 1. The molecule has 1 aromatic carbocycles. The number of fused-ring (bicyclic) bond motifs is 1. The summed E-state index contributed by atoms with van der Waals surface area (Å²) < 4.78 is 11.7. The summed E-state index contributed by atoms with van der Waals surface area (Å²) in [6.45, 7) is 3.78. The largest absolute Gasteiger partial charge is 0.374 e. The van der Waals surface area contributed by atoms with Crippen molar-refractivity contribution in [1.82, 2.24) is 5.32 Å². The molecule has 1 aliphatic carbocycles. The van der Waals surface area contributed by atoms with Crippen LogP contribution in [0, 0.1) is 0 Å². The first-order valence-electron chi connectivity index (χ1n) is 9.07. The Bertz CT molecular complexity index is 532. The van der Waals surface area contributed by atoms with Gasteiger partial charge in [0, 0.05) is 50.6 Å². The molecule has 1 saturated carbocycles. The average Bonchev–Trinajstić information content (AvgIpc) is 3.04. The van der Waals surface area contributed by atoms with Crippen LogP contribution < -0.4 is 10.2 Å². The minimum absolute atomic E-state index is 0.238. The zero-order chi connectivity index (χ0) is 15.7. The van der Waals surface area contributed by atoms with E-state index in [2.05, 4.69) is 41.5 Å². The molecule has 1 N–H and O–H groups in total. The van der Waals surface area contributed by atoms with Crippen LogP contribution in [0.2, 0.25) is 0 Å². The lowest BCUT2D eigenvalue weighted by Gasteiger charge is -2.37. The molecule has 4 rings (SSSR count). The van der Waals surface area contributed by atoms with Crippen molar-refractivity contribution in [2.45, 2.75) is 49.9 Å². The molecule has 1 saturated heterocycles. The molecule has 0 aromatic heterocycles. The fourth-order valence-corrected chi connectivity index (χ4v) is 4.37. The van der Waals surface area contributed by atoms with E-state index >= 15 is 0 Å². The normalized spacial score (nSPS) is 27.3. The van der Waals surface area contributed by atoms with Gasteiger partial charge in [-0.05, 0) is 30.9 Å². The Kier molecular flexibility index (Phi) is 4.31. The molecule has 126 valence electrons. The van der Waals surface area contributed by atoms with Gasteiger partial charge >= 0.3 is 0 Å². The van der Waals surface area contributed by atoms with E-state index in [1.54, 1.807) is 0 Å². The molecule has 1 aromatic rings. The quantitative estimate of drug-likeness (QED) is 0.930. The maximum Gasteiger partial charge on any atom is 0.168 e. The van der Waals surface area contributed by atoms with Crippen molar-refractivity contribution < 1.29 is 9.47 Å². The van der Waals surface area contributed by atoms with Crippen LogP contribution in [-0.4, -0.2) is 45.2 Å². The van der Waals surface area contributed by atoms with Gasteiger partial charge in [-0.25, -0.2) is 0 Å². The zero-order valence-corrected chi connectivity index (χ0v) is 14.1. The van der Waals surface area contributed by atoms with Crippen LogP contribution in [0.4, 0.5) is 5.69 Å². The second kappa shape index (κ2) is 6.42. The second-order valence-electron chi connectivity index (χ2n) is 7.26. The van der Waals surface area contributed by atoms with Crippen LogP contribution in [-0.2, 0) is 9.47 Å². The minimum Gasteiger partial charge on any atom is -0.374 e. The highest BCUT2D eigenvalue weighted by Crippen LogP contribution is 2.37. The Hall–Kier alpha value is -1.10. The number of hydrogen-bond donors (Lipinski definition) is 1.